The molecule has 5 N–H and O–H groups in total. The predicted octanol–water partition coefficient (Wildman–Crippen LogP) is 2.12. The first-order valence-electron chi connectivity index (χ1n) is 13.4. The van der Waals surface area contributed by atoms with Crippen LogP contribution < -0.4 is 26.0 Å². The van der Waals surface area contributed by atoms with E-state index < -0.39 is 66.9 Å². The molecule has 0 radical (unpaired) electrons. The lowest BCUT2D eigenvalue weighted by Gasteiger charge is -2.25. The van der Waals surface area contributed by atoms with Gasteiger partial charge in [0.1, 0.15) is 24.9 Å². The van der Waals surface area contributed by atoms with Crippen LogP contribution in [0.1, 0.15) is 23.2 Å². The summed E-state index contributed by atoms with van der Waals surface area (Å²) in [6.07, 6.45) is -4.63. The van der Waals surface area contributed by atoms with Gasteiger partial charge < -0.3 is 30.9 Å². The van der Waals surface area contributed by atoms with Crippen molar-refractivity contribution in [3.63, 3.8) is 0 Å². The number of aliphatic carboxylic acids is 1. The Balaban J connectivity index is 0.000000738. The summed E-state index contributed by atoms with van der Waals surface area (Å²) < 4.78 is 42.5. The molecule has 0 aliphatic carbocycles. The van der Waals surface area contributed by atoms with Crippen LogP contribution in [0.15, 0.2) is 42.5 Å². The molecule has 2 aromatic rings. The summed E-state index contributed by atoms with van der Waals surface area (Å²) in [5, 5.41) is 12.5. The number of nitrogens with one attached hydrogen (secondary N) is 2. The van der Waals surface area contributed by atoms with Crippen molar-refractivity contribution in [3.8, 4) is 5.75 Å². The predicted molar refractivity (Wildman–Crippen MR) is 155 cm³/mol. The molecule has 13 nitrogen and oxygen atoms in total. The molecule has 3 amide bonds. The van der Waals surface area contributed by atoms with Crippen molar-refractivity contribution in [1.29, 1.82) is 0 Å². The highest BCUT2D eigenvalue weighted by Crippen LogP contribution is 2.31. The van der Waals surface area contributed by atoms with Crippen molar-refractivity contribution in [3.05, 3.63) is 58.1 Å². The fourth-order valence-electron chi connectivity index (χ4n) is 4.35. The highest BCUT2D eigenvalue weighted by atomic mass is 35.5. The number of rotatable bonds is 9. The highest BCUT2D eigenvalue weighted by Gasteiger charge is 2.38. The molecule has 0 bridgehead atoms. The van der Waals surface area contributed by atoms with E-state index in [1.165, 1.54) is 17.0 Å². The van der Waals surface area contributed by atoms with Crippen LogP contribution in [-0.2, 0) is 28.7 Å². The van der Waals surface area contributed by atoms with Gasteiger partial charge in [-0.3, -0.25) is 24.1 Å². The minimum Gasteiger partial charge on any atom is -0.489 e. The maximum absolute atomic E-state index is 13.1. The summed E-state index contributed by atoms with van der Waals surface area (Å²) in [5.74, 6) is -5.93. The van der Waals surface area contributed by atoms with E-state index in [0.29, 0.717) is 24.4 Å². The van der Waals surface area contributed by atoms with Gasteiger partial charge in [0, 0.05) is 12.5 Å². The number of para-hydroxylation sites is 2. The Morgan fingerprint density at radius 1 is 1.11 bits per heavy atom. The molecule has 2 aliphatic rings. The second kappa shape index (κ2) is 15.7. The third kappa shape index (κ3) is 9.55. The molecule has 4 rings (SSSR count). The van der Waals surface area contributed by atoms with Gasteiger partial charge in [0.2, 0.25) is 17.7 Å². The number of alkyl halides is 3. The number of hydrogen-bond acceptors (Lipinski definition) is 9. The second-order valence-electron chi connectivity index (χ2n) is 9.88. The molecule has 0 spiro atoms. The first kappa shape index (κ1) is 36.1. The average Bonchev–Trinajstić information content (AvgIpc) is 3.35. The Hall–Kier alpha value is -4.41. The molecule has 1 saturated heterocycles. The van der Waals surface area contributed by atoms with Crippen LogP contribution in [0.2, 0.25) is 10.0 Å². The molecular formula is C28H27Cl2F3N4O9. The van der Waals surface area contributed by atoms with Gasteiger partial charge in [-0.25, -0.2) is 9.59 Å². The van der Waals surface area contributed by atoms with Gasteiger partial charge in [-0.05, 0) is 37.1 Å². The number of hydrogen-bond donors (Lipinski definition) is 4. The lowest BCUT2D eigenvalue weighted by Crippen LogP contribution is -2.52. The first-order valence-corrected chi connectivity index (χ1v) is 14.2. The molecule has 0 aromatic heterocycles. The van der Waals surface area contributed by atoms with Crippen molar-refractivity contribution < 1.29 is 56.5 Å². The van der Waals surface area contributed by atoms with Crippen LogP contribution >= 0.6 is 23.2 Å². The zero-order chi connectivity index (χ0) is 34.2. The van der Waals surface area contributed by atoms with Crippen LogP contribution in [0.4, 0.5) is 18.9 Å². The lowest BCUT2D eigenvalue weighted by atomic mass is 9.96. The van der Waals surface area contributed by atoms with E-state index in [2.05, 4.69) is 10.6 Å². The number of ketones is 1. The number of carbonyl (C=O) groups excluding carboxylic acids is 5. The van der Waals surface area contributed by atoms with E-state index in [4.69, 9.17) is 48.3 Å². The summed E-state index contributed by atoms with van der Waals surface area (Å²) in [4.78, 5) is 74.0. The van der Waals surface area contributed by atoms with Gasteiger partial charge in [0.25, 0.3) is 0 Å². The molecular weight excluding hydrogens is 664 g/mol. The number of fused-ring (bicyclic) bond motifs is 1. The van der Waals surface area contributed by atoms with E-state index in [0.717, 1.165) is 0 Å². The maximum Gasteiger partial charge on any atom is 0.490 e. The Bertz CT molecular complexity index is 1490. The maximum atomic E-state index is 13.1. The van der Waals surface area contributed by atoms with Crippen LogP contribution in [0, 0.1) is 5.92 Å². The minimum atomic E-state index is -5.08. The molecule has 1 fully saturated rings. The Labute approximate surface area is 269 Å². The molecule has 18 heteroatoms. The lowest BCUT2D eigenvalue weighted by molar-refractivity contribution is -0.192. The number of carbonyl (C=O) groups is 6. The Kier molecular flexibility index (Phi) is 12.3. The van der Waals surface area contributed by atoms with Crippen LogP contribution in [0.5, 0.6) is 5.75 Å². The third-order valence-electron chi connectivity index (χ3n) is 6.62. The summed E-state index contributed by atoms with van der Waals surface area (Å²) in [5.41, 5.74) is 6.18. The molecule has 2 aliphatic heterocycles. The van der Waals surface area contributed by atoms with Gasteiger partial charge >= 0.3 is 18.1 Å². The smallest absolute Gasteiger partial charge is 0.489 e. The number of nitrogens with zero attached hydrogens (tertiary/aromatic N) is 1. The van der Waals surface area contributed by atoms with Crippen molar-refractivity contribution >= 4 is 64.3 Å². The van der Waals surface area contributed by atoms with Crippen LogP contribution in [0.3, 0.4) is 0 Å². The van der Waals surface area contributed by atoms with Crippen molar-refractivity contribution in [2.24, 2.45) is 11.7 Å². The molecule has 248 valence electrons. The van der Waals surface area contributed by atoms with Crippen LogP contribution in [-0.4, -0.2) is 85.1 Å². The summed E-state index contributed by atoms with van der Waals surface area (Å²) >= 11 is 12.1. The molecule has 0 saturated carbocycles. The molecule has 1 unspecified atom stereocenters. The van der Waals surface area contributed by atoms with E-state index in [1.807, 2.05) is 0 Å². The van der Waals surface area contributed by atoms with E-state index >= 15 is 0 Å². The number of carboxylic acids is 1. The molecule has 2 aromatic carbocycles. The number of benzene rings is 2. The molecule has 2 heterocycles. The number of Topliss-reactive ketones (excluding diaryl/α,β-unsaturated/α-hetero) is 1. The monoisotopic (exact) mass is 690 g/mol. The summed E-state index contributed by atoms with van der Waals surface area (Å²) in [7, 11) is 0. The fourth-order valence-corrected chi connectivity index (χ4v) is 4.90. The molecule has 46 heavy (non-hydrogen) atoms. The first-order chi connectivity index (χ1) is 21.6. The summed E-state index contributed by atoms with van der Waals surface area (Å²) in [6, 6.07) is 8.94. The summed E-state index contributed by atoms with van der Waals surface area (Å²) in [6.45, 7) is -0.783. The van der Waals surface area contributed by atoms with E-state index in [9.17, 15) is 37.1 Å². The molecule has 3 atom stereocenters. The SMILES string of the molecule is N[C@H]1COc2ccccc2N(CC(=O)NC(C[C@@H]2CCNC2=O)C(=O)COC(=O)c2c(Cl)cccc2Cl)C1=O.O=C(O)C(F)(F)F. The van der Waals surface area contributed by atoms with Gasteiger partial charge in [-0.1, -0.05) is 41.4 Å². The number of anilines is 1. The minimum absolute atomic E-state index is 0.0199. The zero-order valence-electron chi connectivity index (χ0n) is 23.6. The standard InChI is InChI=1S/C26H26Cl2N4O7.C2HF3O2/c27-15-4-3-5-16(28)23(15)26(37)39-13-20(33)18(10-14-8-9-30-24(14)35)31-22(34)11-32-19-6-1-2-7-21(19)38-12-17(29)25(32)36;3-2(4,5)1(6)7/h1-7,14,17-18H,8-13,29H2,(H,30,35)(H,31,34);(H,6,7)/t14-,17-,18?;/m0./s1. The number of carboxylic acid groups (broad SMARTS) is 1. The average molecular weight is 691 g/mol. The topological polar surface area (TPSA) is 194 Å². The van der Waals surface area contributed by atoms with E-state index in [1.54, 1.807) is 30.3 Å². The number of ether oxygens (including phenoxy) is 2. The largest absolute Gasteiger partial charge is 0.490 e. The Morgan fingerprint density at radius 2 is 1.74 bits per heavy atom. The van der Waals surface area contributed by atoms with Gasteiger partial charge in [0.15, 0.2) is 12.4 Å². The normalized spacial score (nSPS) is 18.1. The van der Waals surface area contributed by atoms with Crippen molar-refractivity contribution in [2.45, 2.75) is 31.1 Å². The zero-order valence-corrected chi connectivity index (χ0v) is 25.2. The number of halogens is 5. The van der Waals surface area contributed by atoms with Gasteiger partial charge in [-0.2, -0.15) is 13.2 Å². The number of esters is 1. The Morgan fingerprint density at radius 3 is 2.33 bits per heavy atom. The highest BCUT2D eigenvalue weighted by molar-refractivity contribution is 6.39. The third-order valence-corrected chi connectivity index (χ3v) is 7.25. The number of nitrogens with two attached hydrogens (primary N) is 1. The fraction of sp³-hybridized carbons (Fsp3) is 0.357. The van der Waals surface area contributed by atoms with Crippen molar-refractivity contribution in [1.82, 2.24) is 10.6 Å². The van der Waals surface area contributed by atoms with Gasteiger partial charge in [-0.15, -0.1) is 0 Å². The van der Waals surface area contributed by atoms with E-state index in [-0.39, 0.29) is 34.5 Å². The second-order valence-corrected chi connectivity index (χ2v) is 10.7. The van der Waals surface area contributed by atoms with Gasteiger partial charge in [0.05, 0.1) is 27.3 Å². The van der Waals surface area contributed by atoms with Crippen molar-refractivity contribution in [2.75, 3.05) is 31.2 Å². The quantitative estimate of drug-likeness (QED) is 0.283. The number of amides is 3. The van der Waals surface area contributed by atoms with Crippen LogP contribution in [0.25, 0.3) is 0 Å².